The van der Waals surface area contributed by atoms with Gasteiger partial charge in [0, 0.05) is 11.8 Å². The summed E-state index contributed by atoms with van der Waals surface area (Å²) in [6.45, 7) is 0.559. The first-order valence-corrected chi connectivity index (χ1v) is 9.19. The van der Waals surface area contributed by atoms with E-state index in [9.17, 15) is 22.8 Å². The normalized spacial score (nSPS) is 19.1. The number of primary amides is 1. The molecule has 2 atom stereocenters. The minimum atomic E-state index is -4.82. The molecule has 1 fully saturated rings. The highest BCUT2D eigenvalue weighted by molar-refractivity contribution is 5.90. The summed E-state index contributed by atoms with van der Waals surface area (Å²) in [5.74, 6) is -2.18. The SMILES string of the molecule is CC(Nc1ccc2c(c1)OCCn1c-2nc(N2C(=O)OC[C@H]2C(F)(F)F)c1F)C(N)=O. The summed E-state index contributed by atoms with van der Waals surface area (Å²) in [4.78, 5) is 27.4. The molecule has 13 heteroatoms. The molecule has 0 saturated carbocycles. The minimum Gasteiger partial charge on any atom is -0.491 e. The number of rotatable bonds is 4. The zero-order valence-corrected chi connectivity index (χ0v) is 16.1. The molecule has 0 aliphatic carbocycles. The standard InChI is InChI=1S/C18H17F4N5O4/c1-8(14(23)28)24-9-2-3-10-11(6-9)30-5-4-26-13(19)16(25-15(10)26)27-12(18(20,21)22)7-31-17(27)29/h2-3,6,8,12,24H,4-5,7H2,1H3,(H2,23,28)/t8?,12-/m0/s1. The van der Waals surface area contributed by atoms with Crippen LogP contribution in [0.1, 0.15) is 6.92 Å². The quantitative estimate of drug-likeness (QED) is 0.702. The summed E-state index contributed by atoms with van der Waals surface area (Å²) < 4.78 is 66.1. The molecule has 3 N–H and O–H groups in total. The van der Waals surface area contributed by atoms with E-state index in [1.807, 2.05) is 0 Å². The van der Waals surface area contributed by atoms with Gasteiger partial charge in [0.05, 0.1) is 12.1 Å². The summed E-state index contributed by atoms with van der Waals surface area (Å²) in [6.07, 6.45) is -6.15. The van der Waals surface area contributed by atoms with E-state index in [0.717, 1.165) is 4.57 Å². The number of carbonyl (C=O) groups excluding carboxylic acids is 2. The second-order valence-corrected chi connectivity index (χ2v) is 7.03. The molecule has 2 amide bonds. The van der Waals surface area contributed by atoms with Crippen LogP contribution in [-0.4, -0.2) is 53.0 Å². The number of benzene rings is 1. The topological polar surface area (TPSA) is 112 Å². The second kappa shape index (κ2) is 7.32. The van der Waals surface area contributed by atoms with Gasteiger partial charge in [-0.25, -0.2) is 14.7 Å². The number of hydrogen-bond acceptors (Lipinski definition) is 6. The number of ether oxygens (including phenoxy) is 2. The van der Waals surface area contributed by atoms with Gasteiger partial charge in [-0.2, -0.15) is 17.6 Å². The van der Waals surface area contributed by atoms with E-state index >= 15 is 4.39 Å². The number of halogens is 4. The Morgan fingerprint density at radius 1 is 1.35 bits per heavy atom. The highest BCUT2D eigenvalue weighted by Crippen LogP contribution is 2.39. The van der Waals surface area contributed by atoms with E-state index in [1.165, 1.54) is 6.07 Å². The van der Waals surface area contributed by atoms with E-state index < -0.39 is 48.6 Å². The van der Waals surface area contributed by atoms with Crippen molar-refractivity contribution in [3.8, 4) is 17.1 Å². The van der Waals surface area contributed by atoms with Crippen molar-refractivity contribution in [2.75, 3.05) is 23.4 Å². The molecule has 2 aliphatic rings. The molecule has 31 heavy (non-hydrogen) atoms. The zero-order valence-electron chi connectivity index (χ0n) is 16.1. The van der Waals surface area contributed by atoms with Gasteiger partial charge >= 0.3 is 12.3 Å². The third kappa shape index (κ3) is 3.59. The Labute approximate surface area is 172 Å². The first kappa shape index (κ1) is 20.8. The highest BCUT2D eigenvalue weighted by Gasteiger charge is 2.53. The fourth-order valence-corrected chi connectivity index (χ4v) is 3.36. The number of amides is 2. The van der Waals surface area contributed by atoms with Crippen LogP contribution in [0, 0.1) is 5.95 Å². The van der Waals surface area contributed by atoms with Gasteiger partial charge in [-0.05, 0) is 19.1 Å². The number of nitrogens with two attached hydrogens (primary N) is 1. The van der Waals surface area contributed by atoms with Crippen molar-refractivity contribution in [3.05, 3.63) is 24.1 Å². The van der Waals surface area contributed by atoms with Crippen LogP contribution in [0.5, 0.6) is 5.75 Å². The van der Waals surface area contributed by atoms with Gasteiger partial charge in [0.2, 0.25) is 11.9 Å². The number of anilines is 2. The lowest BCUT2D eigenvalue weighted by Crippen LogP contribution is -2.45. The van der Waals surface area contributed by atoms with Crippen molar-refractivity contribution < 1.29 is 36.6 Å². The van der Waals surface area contributed by atoms with Gasteiger partial charge in [0.15, 0.2) is 11.9 Å². The summed E-state index contributed by atoms with van der Waals surface area (Å²) in [7, 11) is 0. The Morgan fingerprint density at radius 3 is 2.77 bits per heavy atom. The van der Waals surface area contributed by atoms with Gasteiger partial charge in [-0.1, -0.05) is 0 Å². The van der Waals surface area contributed by atoms with E-state index in [4.69, 9.17) is 10.5 Å². The lowest BCUT2D eigenvalue weighted by Gasteiger charge is -2.21. The van der Waals surface area contributed by atoms with Crippen molar-refractivity contribution in [1.82, 2.24) is 9.55 Å². The summed E-state index contributed by atoms with van der Waals surface area (Å²) >= 11 is 0. The number of carbonyl (C=O) groups is 2. The first-order chi connectivity index (χ1) is 14.6. The number of fused-ring (bicyclic) bond motifs is 3. The molecular weight excluding hydrogens is 426 g/mol. The number of nitrogens with zero attached hydrogens (tertiary/aromatic N) is 3. The summed E-state index contributed by atoms with van der Waals surface area (Å²) in [5, 5.41) is 2.88. The highest BCUT2D eigenvalue weighted by atomic mass is 19.4. The van der Waals surface area contributed by atoms with Crippen molar-refractivity contribution in [2.24, 2.45) is 5.73 Å². The monoisotopic (exact) mass is 443 g/mol. The summed E-state index contributed by atoms with van der Waals surface area (Å²) in [5.41, 5.74) is 6.03. The predicted octanol–water partition coefficient (Wildman–Crippen LogP) is 2.25. The summed E-state index contributed by atoms with van der Waals surface area (Å²) in [6, 6.07) is 1.61. The lowest BCUT2D eigenvalue weighted by atomic mass is 10.1. The maximum absolute atomic E-state index is 15.1. The maximum atomic E-state index is 15.1. The number of alkyl halides is 3. The van der Waals surface area contributed by atoms with E-state index in [-0.39, 0.29) is 29.6 Å². The molecule has 9 nitrogen and oxygen atoms in total. The molecule has 2 aromatic rings. The van der Waals surface area contributed by atoms with Gasteiger partial charge in [-0.3, -0.25) is 9.36 Å². The van der Waals surface area contributed by atoms with Crippen LogP contribution in [0.25, 0.3) is 11.4 Å². The van der Waals surface area contributed by atoms with Gasteiger partial charge in [0.25, 0.3) is 0 Å². The average Bonchev–Trinajstić information content (AvgIpc) is 3.16. The fourth-order valence-electron chi connectivity index (χ4n) is 3.36. The van der Waals surface area contributed by atoms with E-state index in [1.54, 1.807) is 19.1 Å². The van der Waals surface area contributed by atoms with Gasteiger partial charge in [-0.15, -0.1) is 0 Å². The maximum Gasteiger partial charge on any atom is 0.416 e. The molecule has 0 bridgehead atoms. The van der Waals surface area contributed by atoms with Gasteiger partial charge < -0.3 is 20.5 Å². The van der Waals surface area contributed by atoms with Crippen molar-refractivity contribution >= 4 is 23.5 Å². The molecule has 1 saturated heterocycles. The van der Waals surface area contributed by atoms with Crippen molar-refractivity contribution in [1.29, 1.82) is 0 Å². The largest absolute Gasteiger partial charge is 0.491 e. The molecule has 3 heterocycles. The van der Waals surface area contributed by atoms with Crippen LogP contribution < -0.4 is 20.7 Å². The minimum absolute atomic E-state index is 0.00451. The predicted molar refractivity (Wildman–Crippen MR) is 99.1 cm³/mol. The molecule has 0 spiro atoms. The van der Waals surface area contributed by atoms with E-state index in [0.29, 0.717) is 11.3 Å². The second-order valence-electron chi connectivity index (χ2n) is 7.03. The molecule has 4 rings (SSSR count). The third-order valence-electron chi connectivity index (χ3n) is 4.97. The van der Waals surface area contributed by atoms with Crippen LogP contribution in [0.15, 0.2) is 18.2 Å². The zero-order chi connectivity index (χ0) is 22.5. The Morgan fingerprint density at radius 2 is 2.10 bits per heavy atom. The molecule has 2 aliphatic heterocycles. The number of imidazole rings is 1. The molecule has 166 valence electrons. The number of cyclic esters (lactones) is 1. The molecule has 1 aromatic heterocycles. The van der Waals surface area contributed by atoms with Crippen LogP contribution in [0.4, 0.5) is 33.9 Å². The van der Waals surface area contributed by atoms with Crippen LogP contribution in [0.3, 0.4) is 0 Å². The Bertz CT molecular complexity index is 1050. The Balaban J connectivity index is 1.75. The van der Waals surface area contributed by atoms with Crippen LogP contribution in [0.2, 0.25) is 0 Å². The molecule has 1 unspecified atom stereocenters. The fraction of sp³-hybridized carbons (Fsp3) is 0.389. The number of hydrogen-bond donors (Lipinski definition) is 2. The molecule has 0 radical (unpaired) electrons. The third-order valence-corrected chi connectivity index (χ3v) is 4.97. The molecular formula is C18H17F4N5O4. The first-order valence-electron chi connectivity index (χ1n) is 9.19. The number of aromatic nitrogens is 2. The van der Waals surface area contributed by atoms with Crippen LogP contribution in [-0.2, 0) is 16.1 Å². The van der Waals surface area contributed by atoms with Crippen LogP contribution >= 0.6 is 0 Å². The Kier molecular flexibility index (Phi) is 4.90. The van der Waals surface area contributed by atoms with Gasteiger partial charge in [0.1, 0.15) is 30.8 Å². The van der Waals surface area contributed by atoms with E-state index in [2.05, 4.69) is 15.0 Å². The number of nitrogens with one attached hydrogen (secondary N) is 1. The lowest BCUT2D eigenvalue weighted by molar-refractivity contribution is -0.147. The van der Waals surface area contributed by atoms with Crippen molar-refractivity contribution in [2.45, 2.75) is 31.7 Å². The average molecular weight is 443 g/mol. The molecule has 1 aromatic carbocycles. The van der Waals surface area contributed by atoms with Crippen molar-refractivity contribution in [3.63, 3.8) is 0 Å². The Hall–Kier alpha value is -3.51. The smallest absolute Gasteiger partial charge is 0.416 e.